The van der Waals surface area contributed by atoms with Gasteiger partial charge in [-0.05, 0) is 6.42 Å². The van der Waals surface area contributed by atoms with Gasteiger partial charge < -0.3 is 16.0 Å². The van der Waals surface area contributed by atoms with E-state index in [9.17, 15) is 5.11 Å². The van der Waals surface area contributed by atoms with Gasteiger partial charge in [0.05, 0.1) is 11.8 Å². The monoisotopic (exact) mass is 166 g/mol. The average Bonchev–Trinajstić information content (AvgIpc) is 2.46. The molecule has 0 radical (unpaired) electrons. The minimum absolute atomic E-state index is 0.138. The van der Waals surface area contributed by atoms with Crippen LogP contribution in [0.2, 0.25) is 0 Å². The van der Waals surface area contributed by atoms with E-state index in [2.05, 4.69) is 24.7 Å². The van der Waals surface area contributed by atoms with Crippen molar-refractivity contribution < 1.29 is 5.11 Å². The van der Waals surface area contributed by atoms with Crippen molar-refractivity contribution >= 4 is 0 Å². The number of aliphatic hydroxyl groups is 1. The molecule has 0 bridgehead atoms. The Bertz CT molecular complexity index is 266. The zero-order chi connectivity index (χ0) is 8.77. The molecule has 3 nitrogen and oxygen atoms in total. The maximum absolute atomic E-state index is 9.74. The van der Waals surface area contributed by atoms with Crippen molar-refractivity contribution in [3.63, 3.8) is 0 Å². The molecule has 3 N–H and O–H groups in total. The highest BCUT2D eigenvalue weighted by atomic mass is 16.3. The van der Waals surface area contributed by atoms with Crippen LogP contribution in [-0.2, 0) is 0 Å². The topological polar surface area (TPSA) is 44.3 Å². The van der Waals surface area contributed by atoms with E-state index in [0.717, 1.165) is 12.1 Å². The molecule has 0 spiro atoms. The van der Waals surface area contributed by atoms with Crippen LogP contribution in [0.25, 0.3) is 0 Å². The molecule has 0 aromatic heterocycles. The first kappa shape index (κ1) is 7.68. The maximum atomic E-state index is 9.74. The predicted octanol–water partition coefficient (Wildman–Crippen LogP) is 0.653. The van der Waals surface area contributed by atoms with Gasteiger partial charge in [0, 0.05) is 17.2 Å². The fourth-order valence-corrected chi connectivity index (χ4v) is 1.73. The zero-order valence-electron chi connectivity index (χ0n) is 7.39. The molecule has 1 heterocycles. The number of hydrogen-bond acceptors (Lipinski definition) is 3. The Hall–Kier alpha value is -0.960. The second-order valence-electron chi connectivity index (χ2n) is 3.92. The van der Waals surface area contributed by atoms with Gasteiger partial charge in [0.2, 0.25) is 0 Å². The molecule has 66 valence electrons. The SMILES string of the molecule is CC1(C)C2=CNNC2=CCC1O. The summed E-state index contributed by atoms with van der Waals surface area (Å²) in [6.07, 6.45) is 4.42. The zero-order valence-corrected chi connectivity index (χ0v) is 7.39. The number of aliphatic hydroxyl groups excluding tert-OH is 1. The molecular formula is C9H14N2O. The largest absolute Gasteiger partial charge is 0.392 e. The number of hydrogen-bond donors (Lipinski definition) is 3. The van der Waals surface area contributed by atoms with Crippen LogP contribution in [0.15, 0.2) is 23.5 Å². The Morgan fingerprint density at radius 1 is 1.58 bits per heavy atom. The van der Waals surface area contributed by atoms with Crippen LogP contribution in [0.1, 0.15) is 20.3 Å². The Balaban J connectivity index is 2.42. The van der Waals surface area contributed by atoms with Crippen LogP contribution < -0.4 is 10.9 Å². The summed E-state index contributed by atoms with van der Waals surface area (Å²) in [5, 5.41) is 9.74. The minimum atomic E-state index is -0.269. The van der Waals surface area contributed by atoms with Gasteiger partial charge in [-0.3, -0.25) is 0 Å². The third-order valence-corrected chi connectivity index (χ3v) is 2.79. The van der Waals surface area contributed by atoms with Crippen LogP contribution in [0, 0.1) is 5.41 Å². The molecule has 1 atom stereocenters. The molecule has 1 unspecified atom stereocenters. The third-order valence-electron chi connectivity index (χ3n) is 2.79. The van der Waals surface area contributed by atoms with Gasteiger partial charge in [-0.2, -0.15) is 0 Å². The first-order valence-electron chi connectivity index (χ1n) is 4.23. The summed E-state index contributed by atoms with van der Waals surface area (Å²) in [5.41, 5.74) is 8.14. The number of fused-ring (bicyclic) bond motifs is 1. The molecule has 0 fully saturated rings. The normalized spacial score (nSPS) is 31.1. The second kappa shape index (κ2) is 2.26. The fourth-order valence-electron chi connectivity index (χ4n) is 1.73. The number of hydrazine groups is 1. The van der Waals surface area contributed by atoms with Gasteiger partial charge >= 0.3 is 0 Å². The summed E-state index contributed by atoms with van der Waals surface area (Å²) in [7, 11) is 0. The highest BCUT2D eigenvalue weighted by Crippen LogP contribution is 2.40. The van der Waals surface area contributed by atoms with E-state index in [-0.39, 0.29) is 11.5 Å². The lowest BCUT2D eigenvalue weighted by molar-refractivity contribution is 0.0738. The molecule has 0 saturated carbocycles. The fraction of sp³-hybridized carbons (Fsp3) is 0.556. The van der Waals surface area contributed by atoms with Crippen molar-refractivity contribution in [1.29, 1.82) is 0 Å². The van der Waals surface area contributed by atoms with Crippen molar-refractivity contribution in [3.8, 4) is 0 Å². The third kappa shape index (κ3) is 0.862. The lowest BCUT2D eigenvalue weighted by Gasteiger charge is -2.34. The number of allylic oxidation sites excluding steroid dienone is 1. The lowest BCUT2D eigenvalue weighted by Crippen LogP contribution is -2.35. The average molecular weight is 166 g/mol. The lowest BCUT2D eigenvalue weighted by atomic mass is 9.73. The molecule has 0 aromatic carbocycles. The van der Waals surface area contributed by atoms with E-state index in [0.29, 0.717) is 0 Å². The van der Waals surface area contributed by atoms with E-state index in [4.69, 9.17) is 0 Å². The van der Waals surface area contributed by atoms with Gasteiger partial charge in [-0.15, -0.1) is 0 Å². The molecule has 0 amide bonds. The molecule has 12 heavy (non-hydrogen) atoms. The van der Waals surface area contributed by atoms with Crippen molar-refractivity contribution in [2.75, 3.05) is 0 Å². The van der Waals surface area contributed by atoms with E-state index in [1.54, 1.807) is 0 Å². The maximum Gasteiger partial charge on any atom is 0.0668 e. The van der Waals surface area contributed by atoms with E-state index >= 15 is 0 Å². The van der Waals surface area contributed by atoms with Gasteiger partial charge in [-0.25, -0.2) is 0 Å². The highest BCUT2D eigenvalue weighted by Gasteiger charge is 2.37. The number of rotatable bonds is 0. The predicted molar refractivity (Wildman–Crippen MR) is 46.8 cm³/mol. The highest BCUT2D eigenvalue weighted by molar-refractivity contribution is 5.40. The van der Waals surface area contributed by atoms with Gasteiger partial charge in [-0.1, -0.05) is 19.9 Å². The van der Waals surface area contributed by atoms with Gasteiger partial charge in [0.1, 0.15) is 0 Å². The molecule has 2 aliphatic rings. The van der Waals surface area contributed by atoms with Crippen LogP contribution in [0.4, 0.5) is 0 Å². The summed E-state index contributed by atoms with van der Waals surface area (Å²) in [6, 6.07) is 0. The summed E-state index contributed by atoms with van der Waals surface area (Å²) in [6.45, 7) is 4.12. The Morgan fingerprint density at radius 3 is 3.08 bits per heavy atom. The Labute approximate surface area is 72.1 Å². The minimum Gasteiger partial charge on any atom is -0.392 e. The summed E-state index contributed by atoms with van der Waals surface area (Å²) in [5.74, 6) is 0. The van der Waals surface area contributed by atoms with Gasteiger partial charge in [0.15, 0.2) is 0 Å². The van der Waals surface area contributed by atoms with Crippen LogP contribution >= 0.6 is 0 Å². The van der Waals surface area contributed by atoms with E-state index in [1.807, 2.05) is 12.3 Å². The molecule has 2 rings (SSSR count). The second-order valence-corrected chi connectivity index (χ2v) is 3.92. The summed E-state index contributed by atoms with van der Waals surface area (Å²) < 4.78 is 0. The van der Waals surface area contributed by atoms with Crippen LogP contribution in [0.5, 0.6) is 0 Å². The molecule has 0 aromatic rings. The molecule has 1 aliphatic carbocycles. The summed E-state index contributed by atoms with van der Waals surface area (Å²) >= 11 is 0. The smallest absolute Gasteiger partial charge is 0.0668 e. The molecular weight excluding hydrogens is 152 g/mol. The first-order chi connectivity index (χ1) is 5.62. The van der Waals surface area contributed by atoms with E-state index in [1.165, 1.54) is 5.57 Å². The first-order valence-corrected chi connectivity index (χ1v) is 4.23. The Kier molecular flexibility index (Phi) is 1.45. The van der Waals surface area contributed by atoms with Crippen LogP contribution in [-0.4, -0.2) is 11.2 Å². The summed E-state index contributed by atoms with van der Waals surface area (Å²) in [4.78, 5) is 0. The quantitative estimate of drug-likeness (QED) is 0.495. The van der Waals surface area contributed by atoms with E-state index < -0.39 is 0 Å². The van der Waals surface area contributed by atoms with Crippen molar-refractivity contribution in [2.45, 2.75) is 26.4 Å². The van der Waals surface area contributed by atoms with Crippen molar-refractivity contribution in [2.24, 2.45) is 5.41 Å². The van der Waals surface area contributed by atoms with Crippen molar-refractivity contribution in [1.82, 2.24) is 10.9 Å². The van der Waals surface area contributed by atoms with Gasteiger partial charge in [0.25, 0.3) is 0 Å². The molecule has 1 aliphatic heterocycles. The number of nitrogens with one attached hydrogen (secondary N) is 2. The Morgan fingerprint density at radius 2 is 2.33 bits per heavy atom. The van der Waals surface area contributed by atoms with Crippen molar-refractivity contribution in [3.05, 3.63) is 23.5 Å². The molecule has 0 saturated heterocycles. The molecule has 3 heteroatoms. The standard InChI is InChI=1S/C9H14N2O/c1-9(2)6-5-10-11-7(6)3-4-8(9)12/h3,5,8,10-12H,4H2,1-2H3. The van der Waals surface area contributed by atoms with Crippen LogP contribution in [0.3, 0.4) is 0 Å².